The fraction of sp³-hybridized carbons (Fsp3) is 0.429. The number of phenols is 1. The number of aromatic hydroxyl groups is 1. The van der Waals surface area contributed by atoms with Gasteiger partial charge in [-0.25, -0.2) is 4.79 Å². The molecule has 0 spiro atoms. The highest BCUT2D eigenvalue weighted by Gasteiger charge is 2.16. The lowest BCUT2D eigenvalue weighted by Gasteiger charge is -2.11. The van der Waals surface area contributed by atoms with Crippen LogP contribution in [0, 0.1) is 0 Å². The van der Waals surface area contributed by atoms with E-state index in [-0.39, 0.29) is 42.0 Å². The number of rotatable bonds is 9. The summed E-state index contributed by atoms with van der Waals surface area (Å²) in [5.74, 6) is -0.547. The number of nitrogens with two attached hydrogens (primary N) is 2. The van der Waals surface area contributed by atoms with E-state index in [1.807, 2.05) is 0 Å². The number of hydrogen-bond acceptors (Lipinski definition) is 7. The van der Waals surface area contributed by atoms with Crippen molar-refractivity contribution in [3.05, 3.63) is 17.7 Å². The Labute approximate surface area is 133 Å². The summed E-state index contributed by atoms with van der Waals surface area (Å²) in [6.45, 7) is 0.920. The number of nitrogens with zero attached hydrogens (tertiary/aromatic N) is 1. The minimum atomic E-state index is -0.588. The minimum absolute atomic E-state index is 0.00440. The topological polar surface area (TPSA) is 139 Å². The number of hydrogen-bond donors (Lipinski definition) is 3. The largest absolute Gasteiger partial charge is 0.502 e. The molecule has 0 heterocycles. The maximum Gasteiger partial charge on any atom is 0.338 e. The molecule has 23 heavy (non-hydrogen) atoms. The molecule has 128 valence electrons. The van der Waals surface area contributed by atoms with Gasteiger partial charge in [-0.15, -0.1) is 0 Å². The maximum absolute atomic E-state index is 11.9. The molecule has 0 fully saturated rings. The average Bonchev–Trinajstić information content (AvgIpc) is 2.53. The molecule has 5 N–H and O–H groups in total. The van der Waals surface area contributed by atoms with Crippen LogP contribution in [-0.4, -0.2) is 57.6 Å². The first-order valence-electron chi connectivity index (χ1n) is 6.74. The molecule has 0 aromatic heterocycles. The quantitative estimate of drug-likeness (QED) is 0.246. The number of methoxy groups -OCH3 is 2. The third kappa shape index (κ3) is 5.91. The fourth-order valence-electron chi connectivity index (χ4n) is 1.63. The first-order chi connectivity index (χ1) is 11.0. The molecule has 0 aliphatic heterocycles. The van der Waals surface area contributed by atoms with E-state index in [2.05, 4.69) is 4.99 Å². The maximum atomic E-state index is 11.9. The molecule has 0 aliphatic carbocycles. The molecule has 0 amide bonds. The molecule has 0 bridgehead atoms. The van der Waals surface area contributed by atoms with Gasteiger partial charge < -0.3 is 35.5 Å². The lowest BCUT2D eigenvalue weighted by Crippen LogP contribution is -2.23. The second kappa shape index (κ2) is 9.36. The van der Waals surface area contributed by atoms with E-state index >= 15 is 0 Å². The van der Waals surface area contributed by atoms with Gasteiger partial charge in [0, 0.05) is 0 Å². The summed E-state index contributed by atoms with van der Waals surface area (Å²) >= 11 is 0. The molecule has 9 nitrogen and oxygen atoms in total. The van der Waals surface area contributed by atoms with Crippen molar-refractivity contribution >= 4 is 11.9 Å². The van der Waals surface area contributed by atoms with Crippen molar-refractivity contribution in [2.75, 3.05) is 40.6 Å². The minimum Gasteiger partial charge on any atom is -0.502 e. The molecule has 0 atom stereocenters. The molecule has 9 heteroatoms. The van der Waals surface area contributed by atoms with Gasteiger partial charge in [0.1, 0.15) is 6.61 Å². The number of carbonyl (C=O) groups is 1. The highest BCUT2D eigenvalue weighted by atomic mass is 16.6. The van der Waals surface area contributed by atoms with Crippen LogP contribution >= 0.6 is 0 Å². The summed E-state index contributed by atoms with van der Waals surface area (Å²) in [5.41, 5.74) is 10.5. The van der Waals surface area contributed by atoms with Gasteiger partial charge in [0.15, 0.2) is 17.5 Å². The zero-order valence-electron chi connectivity index (χ0n) is 13.1. The van der Waals surface area contributed by atoms with E-state index in [4.69, 9.17) is 30.4 Å². The molecular weight excluding hydrogens is 306 g/mol. The third-order valence-electron chi connectivity index (χ3n) is 2.71. The first kappa shape index (κ1) is 18.4. The molecule has 1 aromatic carbocycles. The van der Waals surface area contributed by atoms with Crippen molar-refractivity contribution in [1.82, 2.24) is 0 Å². The van der Waals surface area contributed by atoms with Gasteiger partial charge in [0.25, 0.3) is 0 Å². The van der Waals surface area contributed by atoms with Gasteiger partial charge >= 0.3 is 5.97 Å². The zero-order valence-corrected chi connectivity index (χ0v) is 13.1. The summed E-state index contributed by atoms with van der Waals surface area (Å²) in [7, 11) is 2.74. The van der Waals surface area contributed by atoms with Crippen molar-refractivity contribution < 1.29 is 28.8 Å². The Morgan fingerprint density at radius 2 is 1.74 bits per heavy atom. The molecule has 1 aromatic rings. The van der Waals surface area contributed by atoms with Crippen LogP contribution in [0.25, 0.3) is 0 Å². The monoisotopic (exact) mass is 327 g/mol. The standard InChI is InChI=1S/C14H21N3O6/c1-20-10-7-9(8-11(21-2)12(10)18)13(19)23-6-5-22-4-3-17-14(15)16/h7-8,18H,3-6H2,1-2H3,(H4,15,16,17). The van der Waals surface area contributed by atoms with E-state index in [1.165, 1.54) is 26.4 Å². The Kier molecular flexibility index (Phi) is 7.48. The lowest BCUT2D eigenvalue weighted by molar-refractivity contribution is 0.0328. The van der Waals surface area contributed by atoms with Crippen molar-refractivity contribution in [3.8, 4) is 17.2 Å². The number of phenolic OH excluding ortho intramolecular Hbond substituents is 1. The van der Waals surface area contributed by atoms with Crippen LogP contribution in [0.3, 0.4) is 0 Å². The van der Waals surface area contributed by atoms with Crippen molar-refractivity contribution in [1.29, 1.82) is 0 Å². The van der Waals surface area contributed by atoms with E-state index in [0.717, 1.165) is 0 Å². The number of ether oxygens (including phenoxy) is 4. The highest BCUT2D eigenvalue weighted by molar-refractivity contribution is 5.91. The SMILES string of the molecule is COc1cc(C(=O)OCCOCCN=C(N)N)cc(OC)c1O. The van der Waals surface area contributed by atoms with Crippen molar-refractivity contribution in [3.63, 3.8) is 0 Å². The van der Waals surface area contributed by atoms with Gasteiger partial charge in [0.2, 0.25) is 5.75 Å². The first-order valence-corrected chi connectivity index (χ1v) is 6.74. The van der Waals surface area contributed by atoms with Crippen LogP contribution in [0.15, 0.2) is 17.1 Å². The highest BCUT2D eigenvalue weighted by Crippen LogP contribution is 2.37. The smallest absolute Gasteiger partial charge is 0.338 e. The zero-order chi connectivity index (χ0) is 17.2. The Hall–Kier alpha value is -2.68. The average molecular weight is 327 g/mol. The fourth-order valence-corrected chi connectivity index (χ4v) is 1.63. The summed E-state index contributed by atoms with van der Waals surface area (Å²) in [6.07, 6.45) is 0. The second-order valence-electron chi connectivity index (χ2n) is 4.28. The molecule has 0 saturated heterocycles. The molecule has 1 rings (SSSR count). The number of aliphatic imine (C=N–C) groups is 1. The predicted molar refractivity (Wildman–Crippen MR) is 83.0 cm³/mol. The summed E-state index contributed by atoms with van der Waals surface area (Å²) in [4.78, 5) is 15.7. The number of guanidine groups is 1. The number of carbonyl (C=O) groups excluding carboxylic acids is 1. The van der Waals surface area contributed by atoms with Crippen molar-refractivity contribution in [2.45, 2.75) is 0 Å². The van der Waals surface area contributed by atoms with E-state index in [1.54, 1.807) is 0 Å². The van der Waals surface area contributed by atoms with Crippen LogP contribution in [0.1, 0.15) is 10.4 Å². The Morgan fingerprint density at radius 1 is 1.13 bits per heavy atom. The van der Waals surface area contributed by atoms with Crippen molar-refractivity contribution in [2.24, 2.45) is 16.5 Å². The van der Waals surface area contributed by atoms with Gasteiger partial charge in [-0.2, -0.15) is 0 Å². The normalized spacial score (nSPS) is 10.0. The van der Waals surface area contributed by atoms with E-state index < -0.39 is 5.97 Å². The molecule has 0 saturated carbocycles. The van der Waals surface area contributed by atoms with E-state index in [0.29, 0.717) is 13.2 Å². The van der Waals surface area contributed by atoms with Crippen LogP contribution < -0.4 is 20.9 Å². The molecule has 0 radical (unpaired) electrons. The predicted octanol–water partition coefficient (Wildman–Crippen LogP) is -0.144. The Bertz CT molecular complexity index is 532. The van der Waals surface area contributed by atoms with Crippen LogP contribution in [-0.2, 0) is 9.47 Å². The van der Waals surface area contributed by atoms with Crippen LogP contribution in [0.5, 0.6) is 17.2 Å². The second-order valence-corrected chi connectivity index (χ2v) is 4.28. The summed E-state index contributed by atoms with van der Waals surface area (Å²) in [6, 6.07) is 2.72. The van der Waals surface area contributed by atoms with Gasteiger partial charge in [0.05, 0.1) is 39.5 Å². The van der Waals surface area contributed by atoms with Crippen LogP contribution in [0.2, 0.25) is 0 Å². The van der Waals surface area contributed by atoms with E-state index in [9.17, 15) is 9.90 Å². The Morgan fingerprint density at radius 3 is 2.26 bits per heavy atom. The van der Waals surface area contributed by atoms with Gasteiger partial charge in [-0.3, -0.25) is 4.99 Å². The molecule has 0 aliphatic rings. The number of esters is 1. The van der Waals surface area contributed by atoms with Gasteiger partial charge in [-0.1, -0.05) is 0 Å². The number of benzene rings is 1. The molecular formula is C14H21N3O6. The van der Waals surface area contributed by atoms with Crippen LogP contribution in [0.4, 0.5) is 0 Å². The lowest BCUT2D eigenvalue weighted by atomic mass is 10.2. The summed E-state index contributed by atoms with van der Waals surface area (Å²) in [5, 5.41) is 9.78. The Balaban J connectivity index is 2.47. The third-order valence-corrected chi connectivity index (χ3v) is 2.71. The summed E-state index contributed by atoms with van der Waals surface area (Å²) < 4.78 is 20.2. The molecule has 0 unspecified atom stereocenters. The van der Waals surface area contributed by atoms with Gasteiger partial charge in [-0.05, 0) is 12.1 Å².